The molecule has 0 saturated heterocycles. The number of nitrogen functional groups attached to an aromatic ring is 1. The molecular weight excluding hydrogens is 270 g/mol. The fourth-order valence-electron chi connectivity index (χ4n) is 2.56. The van der Waals surface area contributed by atoms with Crippen molar-refractivity contribution in [2.75, 3.05) is 10.7 Å². The fourth-order valence-corrected chi connectivity index (χ4v) is 2.56. The zero-order valence-electron chi connectivity index (χ0n) is 11.3. The number of hydrogen-bond acceptors (Lipinski definition) is 6. The molecule has 1 aliphatic rings. The van der Waals surface area contributed by atoms with Crippen molar-refractivity contribution in [2.24, 2.45) is 5.84 Å². The zero-order chi connectivity index (χ0) is 14.8. The second-order valence-electron chi connectivity index (χ2n) is 4.93. The molecule has 1 aliphatic carbocycles. The van der Waals surface area contributed by atoms with E-state index in [0.717, 1.165) is 24.9 Å². The highest BCUT2D eigenvalue weighted by Crippen LogP contribution is 2.30. The molecule has 7 heteroatoms. The van der Waals surface area contributed by atoms with E-state index in [1.165, 1.54) is 23.3 Å². The topological polar surface area (TPSA) is 106 Å². The van der Waals surface area contributed by atoms with E-state index in [4.69, 9.17) is 5.84 Å². The zero-order valence-corrected chi connectivity index (χ0v) is 11.3. The van der Waals surface area contributed by atoms with Gasteiger partial charge in [0, 0.05) is 11.8 Å². The number of anilines is 3. The van der Waals surface area contributed by atoms with E-state index < -0.39 is 4.92 Å². The number of aromatic nitrogens is 1. The Kier molecular flexibility index (Phi) is 3.41. The number of rotatable bonds is 4. The Morgan fingerprint density at radius 2 is 2.00 bits per heavy atom. The van der Waals surface area contributed by atoms with Gasteiger partial charge in [0.2, 0.25) is 5.82 Å². The molecule has 0 amide bonds. The van der Waals surface area contributed by atoms with Gasteiger partial charge in [0.05, 0.1) is 4.92 Å². The Balaban J connectivity index is 1.95. The van der Waals surface area contributed by atoms with E-state index in [2.05, 4.69) is 21.8 Å². The van der Waals surface area contributed by atoms with E-state index in [1.807, 2.05) is 12.1 Å². The van der Waals surface area contributed by atoms with Crippen molar-refractivity contribution in [3.05, 3.63) is 51.6 Å². The lowest BCUT2D eigenvalue weighted by Crippen LogP contribution is -2.10. The highest BCUT2D eigenvalue weighted by molar-refractivity contribution is 5.68. The number of pyridine rings is 1. The Labute approximate surface area is 121 Å². The number of benzene rings is 1. The average Bonchev–Trinajstić information content (AvgIpc) is 2.94. The molecule has 21 heavy (non-hydrogen) atoms. The first-order valence-corrected chi connectivity index (χ1v) is 6.68. The molecule has 0 bridgehead atoms. The molecule has 2 aromatic rings. The molecule has 7 nitrogen and oxygen atoms in total. The van der Waals surface area contributed by atoms with Gasteiger partial charge in [-0.1, -0.05) is 6.07 Å². The van der Waals surface area contributed by atoms with Crippen LogP contribution in [-0.2, 0) is 12.8 Å². The van der Waals surface area contributed by atoms with E-state index in [9.17, 15) is 10.1 Å². The van der Waals surface area contributed by atoms with E-state index in [0.29, 0.717) is 5.82 Å². The summed E-state index contributed by atoms with van der Waals surface area (Å²) >= 11 is 0. The minimum atomic E-state index is -0.469. The highest BCUT2D eigenvalue weighted by Gasteiger charge is 2.17. The maximum atomic E-state index is 11.1. The lowest BCUT2D eigenvalue weighted by Gasteiger charge is -2.09. The summed E-state index contributed by atoms with van der Waals surface area (Å²) in [5.41, 5.74) is 5.73. The number of nitro groups is 1. The first-order valence-electron chi connectivity index (χ1n) is 6.68. The van der Waals surface area contributed by atoms with Gasteiger partial charge in [-0.2, -0.15) is 0 Å². The summed E-state index contributed by atoms with van der Waals surface area (Å²) in [7, 11) is 0. The van der Waals surface area contributed by atoms with Gasteiger partial charge >= 0.3 is 5.69 Å². The van der Waals surface area contributed by atoms with E-state index in [-0.39, 0.29) is 11.5 Å². The lowest BCUT2D eigenvalue weighted by atomic mass is 10.1. The molecule has 3 rings (SSSR count). The number of nitrogens with zero attached hydrogens (tertiary/aromatic N) is 2. The molecule has 1 heterocycles. The van der Waals surface area contributed by atoms with Crippen LogP contribution in [0.5, 0.6) is 0 Å². The molecule has 4 N–H and O–H groups in total. The van der Waals surface area contributed by atoms with Gasteiger partial charge in [-0.05, 0) is 48.6 Å². The number of hydrogen-bond donors (Lipinski definition) is 3. The molecule has 1 aromatic carbocycles. The maximum Gasteiger partial charge on any atom is 0.311 e. The minimum Gasteiger partial charge on any atom is -0.334 e. The van der Waals surface area contributed by atoms with E-state index in [1.54, 1.807) is 0 Å². The second-order valence-corrected chi connectivity index (χ2v) is 4.93. The van der Waals surface area contributed by atoms with Gasteiger partial charge in [-0.25, -0.2) is 10.8 Å². The molecule has 0 aliphatic heterocycles. The number of fused-ring (bicyclic) bond motifs is 1. The highest BCUT2D eigenvalue weighted by atomic mass is 16.6. The summed E-state index contributed by atoms with van der Waals surface area (Å²) in [4.78, 5) is 14.7. The van der Waals surface area contributed by atoms with Crippen LogP contribution in [0.2, 0.25) is 0 Å². The van der Waals surface area contributed by atoms with Crippen molar-refractivity contribution in [3.8, 4) is 0 Å². The van der Waals surface area contributed by atoms with Crippen molar-refractivity contribution in [3.63, 3.8) is 0 Å². The molecule has 1 aromatic heterocycles. The van der Waals surface area contributed by atoms with Crippen LogP contribution < -0.4 is 16.6 Å². The number of nitrogens with two attached hydrogens (primary N) is 1. The van der Waals surface area contributed by atoms with Crippen molar-refractivity contribution in [1.29, 1.82) is 0 Å². The van der Waals surface area contributed by atoms with Crippen LogP contribution in [0.25, 0.3) is 0 Å². The Hall–Kier alpha value is -2.67. The maximum absolute atomic E-state index is 11.1. The summed E-state index contributed by atoms with van der Waals surface area (Å²) in [6.07, 6.45) is 3.30. The van der Waals surface area contributed by atoms with Crippen molar-refractivity contribution >= 4 is 23.0 Å². The van der Waals surface area contributed by atoms with Crippen LogP contribution in [0.1, 0.15) is 17.5 Å². The first kappa shape index (κ1) is 13.3. The Morgan fingerprint density at radius 3 is 2.76 bits per heavy atom. The van der Waals surface area contributed by atoms with Gasteiger partial charge in [0.1, 0.15) is 5.82 Å². The summed E-state index contributed by atoms with van der Waals surface area (Å²) in [6.45, 7) is 0. The third kappa shape index (κ3) is 2.63. The number of hydrazine groups is 1. The molecule has 0 radical (unpaired) electrons. The van der Waals surface area contributed by atoms with Crippen LogP contribution in [0.15, 0.2) is 30.3 Å². The van der Waals surface area contributed by atoms with Crippen molar-refractivity contribution in [2.45, 2.75) is 19.3 Å². The van der Waals surface area contributed by atoms with Crippen LogP contribution in [-0.4, -0.2) is 9.91 Å². The molecule has 0 saturated carbocycles. The molecule has 0 spiro atoms. The Morgan fingerprint density at radius 1 is 1.19 bits per heavy atom. The standard InChI is InChI=1S/C14H15N5O2/c15-18-13-7-6-12(19(20)21)14(17-13)16-11-5-4-9-2-1-3-10(9)8-11/h4-8H,1-3,15H2,(H2,16,17,18). The van der Waals surface area contributed by atoms with Gasteiger partial charge in [0.15, 0.2) is 0 Å². The van der Waals surface area contributed by atoms with Crippen LogP contribution in [0.3, 0.4) is 0 Å². The molecule has 0 unspecified atom stereocenters. The SMILES string of the molecule is NNc1ccc([N+](=O)[O-])c(Nc2ccc3c(c2)CCC3)n1. The van der Waals surface area contributed by atoms with Crippen molar-refractivity contribution < 1.29 is 4.92 Å². The monoisotopic (exact) mass is 285 g/mol. The molecular formula is C14H15N5O2. The average molecular weight is 285 g/mol. The fraction of sp³-hybridized carbons (Fsp3) is 0.214. The number of nitrogens with one attached hydrogen (secondary N) is 2. The van der Waals surface area contributed by atoms with Crippen molar-refractivity contribution in [1.82, 2.24) is 4.98 Å². The third-order valence-corrected chi connectivity index (χ3v) is 3.58. The lowest BCUT2D eigenvalue weighted by molar-refractivity contribution is -0.384. The Bertz CT molecular complexity index is 702. The predicted molar refractivity (Wildman–Crippen MR) is 80.5 cm³/mol. The molecule has 0 fully saturated rings. The quantitative estimate of drug-likeness (QED) is 0.453. The normalized spacial score (nSPS) is 12.8. The van der Waals surface area contributed by atoms with Crippen LogP contribution >= 0.6 is 0 Å². The molecule has 0 atom stereocenters. The summed E-state index contributed by atoms with van der Waals surface area (Å²) < 4.78 is 0. The summed E-state index contributed by atoms with van der Waals surface area (Å²) in [5.74, 6) is 5.84. The van der Waals surface area contributed by atoms with E-state index >= 15 is 0 Å². The molecule has 108 valence electrons. The summed E-state index contributed by atoms with van der Waals surface area (Å²) in [5, 5.41) is 14.1. The predicted octanol–water partition coefficient (Wildman–Crippen LogP) is 2.51. The van der Waals surface area contributed by atoms with Gasteiger partial charge in [0.25, 0.3) is 0 Å². The largest absolute Gasteiger partial charge is 0.334 e. The minimum absolute atomic E-state index is 0.0884. The number of aryl methyl sites for hydroxylation is 2. The first-order chi connectivity index (χ1) is 10.2. The van der Waals surface area contributed by atoms with Gasteiger partial charge in [-0.3, -0.25) is 10.1 Å². The summed E-state index contributed by atoms with van der Waals surface area (Å²) in [6, 6.07) is 8.83. The van der Waals surface area contributed by atoms with Gasteiger partial charge < -0.3 is 10.7 Å². The third-order valence-electron chi connectivity index (χ3n) is 3.58. The second kappa shape index (κ2) is 5.37. The van der Waals surface area contributed by atoms with Crippen LogP contribution in [0, 0.1) is 10.1 Å². The smallest absolute Gasteiger partial charge is 0.311 e. The van der Waals surface area contributed by atoms with Gasteiger partial charge in [-0.15, -0.1) is 0 Å². The van der Waals surface area contributed by atoms with Crippen LogP contribution in [0.4, 0.5) is 23.0 Å².